The first-order valence-corrected chi connectivity index (χ1v) is 7.16. The van der Waals surface area contributed by atoms with E-state index in [2.05, 4.69) is 26.8 Å². The van der Waals surface area contributed by atoms with Crippen LogP contribution in [0.2, 0.25) is 0 Å². The Balaban J connectivity index is 1.54. The van der Waals surface area contributed by atoms with Crippen molar-refractivity contribution < 1.29 is 0 Å². The molecule has 1 aromatic heterocycles. The van der Waals surface area contributed by atoms with Gasteiger partial charge in [-0.15, -0.1) is 0 Å². The Kier molecular flexibility index (Phi) is 5.20. The average Bonchev–Trinajstić information content (AvgIpc) is 3.00. The molecule has 0 aromatic carbocycles. The molecule has 102 valence electrons. The standard InChI is InChI=1S/C14H26N4/c1-13-16-9-12-18(13)11-8-15-7-10-17(2)14-5-3-4-6-14/h9,12,14-15H,3-8,10-11H2,1-2H3. The van der Waals surface area contributed by atoms with Gasteiger partial charge >= 0.3 is 0 Å². The lowest BCUT2D eigenvalue weighted by Crippen LogP contribution is -2.36. The maximum absolute atomic E-state index is 4.22. The zero-order chi connectivity index (χ0) is 12.8. The highest BCUT2D eigenvalue weighted by molar-refractivity contribution is 4.88. The van der Waals surface area contributed by atoms with Gasteiger partial charge in [0.1, 0.15) is 5.82 Å². The Morgan fingerprint density at radius 2 is 2.17 bits per heavy atom. The van der Waals surface area contributed by atoms with Gasteiger partial charge in [-0.2, -0.15) is 0 Å². The SMILES string of the molecule is Cc1nccn1CCNCCN(C)C1CCCC1. The Hall–Kier alpha value is -0.870. The van der Waals surface area contributed by atoms with Crippen LogP contribution >= 0.6 is 0 Å². The number of aromatic nitrogens is 2. The van der Waals surface area contributed by atoms with Gasteiger partial charge in [-0.3, -0.25) is 0 Å². The molecule has 1 N–H and O–H groups in total. The first-order chi connectivity index (χ1) is 8.77. The maximum atomic E-state index is 4.22. The second kappa shape index (κ2) is 6.90. The van der Waals surface area contributed by atoms with Crippen molar-refractivity contribution in [3.63, 3.8) is 0 Å². The van der Waals surface area contributed by atoms with E-state index in [1.165, 1.54) is 25.7 Å². The van der Waals surface area contributed by atoms with Gasteiger partial charge in [0.05, 0.1) is 0 Å². The van der Waals surface area contributed by atoms with E-state index in [9.17, 15) is 0 Å². The normalized spacial score (nSPS) is 16.8. The molecule has 0 saturated heterocycles. The molecule has 1 fully saturated rings. The highest BCUT2D eigenvalue weighted by Gasteiger charge is 2.18. The molecule has 0 spiro atoms. The third kappa shape index (κ3) is 3.82. The van der Waals surface area contributed by atoms with E-state index in [1.807, 2.05) is 19.3 Å². The molecule has 0 radical (unpaired) electrons. The summed E-state index contributed by atoms with van der Waals surface area (Å²) in [5.41, 5.74) is 0. The second-order valence-corrected chi connectivity index (χ2v) is 5.34. The van der Waals surface area contributed by atoms with Crippen molar-refractivity contribution in [2.75, 3.05) is 26.7 Å². The third-order valence-corrected chi connectivity index (χ3v) is 4.04. The summed E-state index contributed by atoms with van der Waals surface area (Å²) >= 11 is 0. The Morgan fingerprint density at radius 3 is 2.83 bits per heavy atom. The first kappa shape index (κ1) is 13.6. The van der Waals surface area contributed by atoms with Crippen LogP contribution in [0.15, 0.2) is 12.4 Å². The monoisotopic (exact) mass is 250 g/mol. The van der Waals surface area contributed by atoms with E-state index in [0.717, 1.165) is 38.0 Å². The van der Waals surface area contributed by atoms with E-state index in [0.29, 0.717) is 0 Å². The predicted molar refractivity (Wildman–Crippen MR) is 74.7 cm³/mol. The zero-order valence-corrected chi connectivity index (χ0v) is 11.7. The highest BCUT2D eigenvalue weighted by atomic mass is 15.1. The predicted octanol–water partition coefficient (Wildman–Crippen LogP) is 1.66. The van der Waals surface area contributed by atoms with E-state index in [-0.39, 0.29) is 0 Å². The number of nitrogens with zero attached hydrogens (tertiary/aromatic N) is 3. The van der Waals surface area contributed by atoms with Crippen LogP contribution in [0.25, 0.3) is 0 Å². The topological polar surface area (TPSA) is 33.1 Å². The molecular weight excluding hydrogens is 224 g/mol. The summed E-state index contributed by atoms with van der Waals surface area (Å²) in [5.74, 6) is 1.10. The second-order valence-electron chi connectivity index (χ2n) is 5.34. The number of nitrogens with one attached hydrogen (secondary N) is 1. The van der Waals surface area contributed by atoms with Crippen LogP contribution in [-0.4, -0.2) is 47.2 Å². The summed E-state index contributed by atoms with van der Waals surface area (Å²) in [5, 5.41) is 3.51. The lowest BCUT2D eigenvalue weighted by Gasteiger charge is -2.24. The molecule has 0 unspecified atom stereocenters. The van der Waals surface area contributed by atoms with Crippen molar-refractivity contribution in [3.8, 4) is 0 Å². The molecule has 4 heteroatoms. The molecule has 2 rings (SSSR count). The fraction of sp³-hybridized carbons (Fsp3) is 0.786. The lowest BCUT2D eigenvalue weighted by molar-refractivity contribution is 0.245. The zero-order valence-electron chi connectivity index (χ0n) is 11.7. The smallest absolute Gasteiger partial charge is 0.105 e. The van der Waals surface area contributed by atoms with Gasteiger partial charge in [0.25, 0.3) is 0 Å². The van der Waals surface area contributed by atoms with Crippen LogP contribution in [0.5, 0.6) is 0 Å². The summed E-state index contributed by atoms with van der Waals surface area (Å²) in [6.45, 7) is 6.33. The number of hydrogen-bond donors (Lipinski definition) is 1. The molecule has 1 saturated carbocycles. The van der Waals surface area contributed by atoms with Crippen molar-refractivity contribution in [1.29, 1.82) is 0 Å². The number of likely N-dealkylation sites (N-methyl/N-ethyl adjacent to an activating group) is 1. The molecule has 0 bridgehead atoms. The molecule has 0 amide bonds. The van der Waals surface area contributed by atoms with Crippen molar-refractivity contribution in [1.82, 2.24) is 19.8 Å². The van der Waals surface area contributed by atoms with Crippen molar-refractivity contribution in [2.45, 2.75) is 45.2 Å². The van der Waals surface area contributed by atoms with Gasteiger partial charge in [-0.1, -0.05) is 12.8 Å². The molecule has 0 atom stereocenters. The van der Waals surface area contributed by atoms with E-state index in [4.69, 9.17) is 0 Å². The molecular formula is C14H26N4. The molecule has 4 nitrogen and oxygen atoms in total. The number of imidazole rings is 1. The summed E-state index contributed by atoms with van der Waals surface area (Å²) in [4.78, 5) is 6.74. The van der Waals surface area contributed by atoms with Gasteiger partial charge in [0.2, 0.25) is 0 Å². The van der Waals surface area contributed by atoms with E-state index >= 15 is 0 Å². The summed E-state index contributed by atoms with van der Waals surface area (Å²) in [6, 6.07) is 0.836. The average molecular weight is 250 g/mol. The van der Waals surface area contributed by atoms with E-state index in [1.54, 1.807) is 0 Å². The minimum absolute atomic E-state index is 0.836. The van der Waals surface area contributed by atoms with Gasteiger partial charge in [-0.05, 0) is 26.8 Å². The number of hydrogen-bond acceptors (Lipinski definition) is 3. The fourth-order valence-electron chi connectivity index (χ4n) is 2.75. The molecule has 1 aliphatic rings. The highest BCUT2D eigenvalue weighted by Crippen LogP contribution is 2.21. The third-order valence-electron chi connectivity index (χ3n) is 4.04. The van der Waals surface area contributed by atoms with Crippen LogP contribution in [-0.2, 0) is 6.54 Å². The quantitative estimate of drug-likeness (QED) is 0.747. The lowest BCUT2D eigenvalue weighted by atomic mass is 10.2. The number of rotatable bonds is 7. The first-order valence-electron chi connectivity index (χ1n) is 7.16. The van der Waals surface area contributed by atoms with Gasteiger partial charge in [0.15, 0.2) is 0 Å². The Labute approximate surface area is 110 Å². The Bertz CT molecular complexity index is 341. The molecule has 1 aromatic rings. The Morgan fingerprint density at radius 1 is 1.39 bits per heavy atom. The van der Waals surface area contributed by atoms with Crippen molar-refractivity contribution in [3.05, 3.63) is 18.2 Å². The van der Waals surface area contributed by atoms with Crippen LogP contribution in [0.3, 0.4) is 0 Å². The van der Waals surface area contributed by atoms with Crippen molar-refractivity contribution >= 4 is 0 Å². The minimum atomic E-state index is 0.836. The van der Waals surface area contributed by atoms with Crippen LogP contribution in [0.1, 0.15) is 31.5 Å². The summed E-state index contributed by atoms with van der Waals surface area (Å²) in [7, 11) is 2.26. The fourth-order valence-corrected chi connectivity index (χ4v) is 2.75. The molecule has 1 aliphatic carbocycles. The van der Waals surface area contributed by atoms with Gasteiger partial charge < -0.3 is 14.8 Å². The maximum Gasteiger partial charge on any atom is 0.105 e. The largest absolute Gasteiger partial charge is 0.334 e. The van der Waals surface area contributed by atoms with Gasteiger partial charge in [-0.25, -0.2) is 4.98 Å². The molecule has 1 heterocycles. The molecule has 0 aliphatic heterocycles. The van der Waals surface area contributed by atoms with E-state index < -0.39 is 0 Å². The van der Waals surface area contributed by atoms with Crippen LogP contribution in [0.4, 0.5) is 0 Å². The molecule has 18 heavy (non-hydrogen) atoms. The summed E-state index contributed by atoms with van der Waals surface area (Å²) < 4.78 is 2.19. The van der Waals surface area contributed by atoms with Crippen molar-refractivity contribution in [2.24, 2.45) is 0 Å². The minimum Gasteiger partial charge on any atom is -0.334 e. The van der Waals surface area contributed by atoms with Crippen LogP contribution < -0.4 is 5.32 Å². The van der Waals surface area contributed by atoms with Crippen LogP contribution in [0, 0.1) is 6.92 Å². The summed E-state index contributed by atoms with van der Waals surface area (Å²) in [6.07, 6.45) is 9.53. The number of aryl methyl sites for hydroxylation is 1. The van der Waals surface area contributed by atoms with Gasteiger partial charge in [0, 0.05) is 44.6 Å².